The van der Waals surface area contributed by atoms with Crippen molar-refractivity contribution < 1.29 is 4.79 Å². The number of nitrogens with one attached hydrogen (secondary N) is 2. The third-order valence-corrected chi connectivity index (χ3v) is 6.41. The highest BCUT2D eigenvalue weighted by atomic mass is 32.1. The van der Waals surface area contributed by atoms with Crippen LogP contribution in [0.4, 0.5) is 5.13 Å². The fraction of sp³-hybridized carbons (Fsp3) is 0.474. The van der Waals surface area contributed by atoms with Crippen molar-refractivity contribution in [2.75, 3.05) is 18.4 Å². The van der Waals surface area contributed by atoms with Gasteiger partial charge in [0, 0.05) is 10.8 Å². The molecular formula is C19H23N3OS. The number of carbonyl (C=O) groups is 1. The van der Waals surface area contributed by atoms with E-state index in [1.54, 1.807) is 11.3 Å². The van der Waals surface area contributed by atoms with Gasteiger partial charge in [0.15, 0.2) is 5.13 Å². The number of benzene rings is 1. The lowest BCUT2D eigenvalue weighted by Gasteiger charge is -2.31. The molecule has 1 saturated heterocycles. The minimum atomic E-state index is 0.0456. The molecule has 0 radical (unpaired) electrons. The van der Waals surface area contributed by atoms with E-state index in [0.29, 0.717) is 11.8 Å². The summed E-state index contributed by atoms with van der Waals surface area (Å²) in [6.45, 7) is 3.91. The van der Waals surface area contributed by atoms with Gasteiger partial charge in [-0.2, -0.15) is 0 Å². The largest absolute Gasteiger partial charge is 0.316 e. The molecule has 0 bridgehead atoms. The van der Waals surface area contributed by atoms with Gasteiger partial charge in [0.25, 0.3) is 0 Å². The molecule has 2 unspecified atom stereocenters. The van der Waals surface area contributed by atoms with Crippen molar-refractivity contribution in [1.82, 2.24) is 10.3 Å². The third-order valence-electron chi connectivity index (χ3n) is 5.37. The van der Waals surface area contributed by atoms with Crippen LogP contribution in [0, 0.1) is 11.8 Å². The summed E-state index contributed by atoms with van der Waals surface area (Å²) in [7, 11) is 0. The summed E-state index contributed by atoms with van der Waals surface area (Å²) in [5.41, 5.74) is 2.59. The Morgan fingerprint density at radius 2 is 2.12 bits per heavy atom. The van der Waals surface area contributed by atoms with Crippen LogP contribution >= 0.6 is 11.3 Å². The smallest absolute Gasteiger partial charge is 0.229 e. The Labute approximate surface area is 146 Å². The number of nitrogens with zero attached hydrogens (tertiary/aromatic N) is 1. The van der Waals surface area contributed by atoms with Crippen molar-refractivity contribution in [3.05, 3.63) is 46.5 Å². The highest BCUT2D eigenvalue weighted by Crippen LogP contribution is 2.37. The zero-order valence-electron chi connectivity index (χ0n) is 13.9. The van der Waals surface area contributed by atoms with E-state index in [4.69, 9.17) is 0 Å². The Kier molecular flexibility index (Phi) is 4.37. The van der Waals surface area contributed by atoms with Crippen molar-refractivity contribution in [2.24, 2.45) is 11.8 Å². The molecule has 1 aromatic heterocycles. The Bertz CT molecular complexity index is 723. The van der Waals surface area contributed by atoms with E-state index in [1.165, 1.54) is 16.1 Å². The van der Waals surface area contributed by atoms with Crippen LogP contribution in [0.2, 0.25) is 0 Å². The predicted molar refractivity (Wildman–Crippen MR) is 97.5 cm³/mol. The second-order valence-corrected chi connectivity index (χ2v) is 8.02. The molecule has 24 heavy (non-hydrogen) atoms. The lowest BCUT2D eigenvalue weighted by atomic mass is 9.85. The van der Waals surface area contributed by atoms with E-state index in [1.807, 2.05) is 6.92 Å². The summed E-state index contributed by atoms with van der Waals surface area (Å²) >= 11 is 1.66. The molecule has 5 heteroatoms. The van der Waals surface area contributed by atoms with Crippen LogP contribution in [0.25, 0.3) is 0 Å². The molecule has 2 aliphatic rings. The van der Waals surface area contributed by atoms with E-state index < -0.39 is 0 Å². The van der Waals surface area contributed by atoms with Gasteiger partial charge in [-0.3, -0.25) is 4.79 Å². The molecule has 0 spiro atoms. The topological polar surface area (TPSA) is 54.0 Å². The minimum absolute atomic E-state index is 0.0456. The van der Waals surface area contributed by atoms with E-state index in [9.17, 15) is 4.79 Å². The Morgan fingerprint density at radius 3 is 2.83 bits per heavy atom. The number of thiazole rings is 1. The zero-order valence-corrected chi connectivity index (χ0v) is 14.7. The van der Waals surface area contributed by atoms with Gasteiger partial charge in [0.05, 0.1) is 5.69 Å². The maximum atomic E-state index is 12.4. The molecule has 4 nitrogen and oxygen atoms in total. The molecule has 1 fully saturated rings. The summed E-state index contributed by atoms with van der Waals surface area (Å²) in [4.78, 5) is 18.4. The highest BCUT2D eigenvalue weighted by Gasteiger charge is 2.30. The van der Waals surface area contributed by atoms with Crippen LogP contribution in [0.3, 0.4) is 0 Å². The SMILES string of the molecule is CC(C(=O)Nc1nc2c(s1)CC(c1ccccc1)CC2)C1CNC1. The van der Waals surface area contributed by atoms with Gasteiger partial charge in [-0.15, -0.1) is 11.3 Å². The summed E-state index contributed by atoms with van der Waals surface area (Å²) in [5.74, 6) is 1.18. The van der Waals surface area contributed by atoms with Crippen LogP contribution < -0.4 is 10.6 Å². The number of aryl methyl sites for hydroxylation is 1. The average Bonchev–Trinajstić information content (AvgIpc) is 2.95. The fourth-order valence-electron chi connectivity index (χ4n) is 3.54. The first-order chi connectivity index (χ1) is 11.7. The van der Waals surface area contributed by atoms with Crippen molar-refractivity contribution in [2.45, 2.75) is 32.1 Å². The molecule has 2 aromatic rings. The van der Waals surface area contributed by atoms with E-state index >= 15 is 0 Å². The number of hydrogen-bond acceptors (Lipinski definition) is 4. The minimum Gasteiger partial charge on any atom is -0.316 e. The number of fused-ring (bicyclic) bond motifs is 1. The first-order valence-corrected chi connectivity index (χ1v) is 9.57. The van der Waals surface area contributed by atoms with Crippen molar-refractivity contribution in [3.8, 4) is 0 Å². The number of anilines is 1. The first-order valence-electron chi connectivity index (χ1n) is 8.76. The molecule has 1 amide bonds. The Morgan fingerprint density at radius 1 is 1.33 bits per heavy atom. The van der Waals surface area contributed by atoms with Crippen LogP contribution in [0.1, 0.15) is 35.4 Å². The summed E-state index contributed by atoms with van der Waals surface area (Å²) in [6.07, 6.45) is 3.18. The summed E-state index contributed by atoms with van der Waals surface area (Å²) in [6, 6.07) is 10.7. The number of carbonyl (C=O) groups excluding carboxylic acids is 1. The summed E-state index contributed by atoms with van der Waals surface area (Å²) in [5, 5.41) is 7.05. The normalized spacial score (nSPS) is 21.6. The van der Waals surface area contributed by atoms with Gasteiger partial charge < -0.3 is 10.6 Å². The van der Waals surface area contributed by atoms with Crippen LogP contribution in [0.15, 0.2) is 30.3 Å². The molecule has 2 N–H and O–H groups in total. The standard InChI is InChI=1S/C19H23N3OS/c1-12(15-10-20-11-15)18(23)22-19-21-16-8-7-14(9-17(16)24-19)13-5-3-2-4-6-13/h2-6,12,14-15,20H,7-11H2,1H3,(H,21,22,23). The van der Waals surface area contributed by atoms with Gasteiger partial charge in [0.1, 0.15) is 0 Å². The van der Waals surface area contributed by atoms with Crippen LogP contribution in [0.5, 0.6) is 0 Å². The van der Waals surface area contributed by atoms with Gasteiger partial charge in [-0.1, -0.05) is 37.3 Å². The van der Waals surface area contributed by atoms with Gasteiger partial charge >= 0.3 is 0 Å². The average molecular weight is 341 g/mol. The Balaban J connectivity index is 1.43. The third kappa shape index (κ3) is 3.10. The molecular weight excluding hydrogens is 318 g/mol. The molecule has 4 rings (SSSR count). The molecule has 2 heterocycles. The molecule has 2 atom stereocenters. The Hall–Kier alpha value is -1.72. The number of rotatable bonds is 4. The van der Waals surface area contributed by atoms with Crippen molar-refractivity contribution in [3.63, 3.8) is 0 Å². The maximum absolute atomic E-state index is 12.4. The zero-order chi connectivity index (χ0) is 16.5. The lowest BCUT2D eigenvalue weighted by Crippen LogP contribution is -2.48. The molecule has 0 saturated carbocycles. The van der Waals surface area contributed by atoms with Crippen molar-refractivity contribution >= 4 is 22.4 Å². The number of hydrogen-bond donors (Lipinski definition) is 2. The maximum Gasteiger partial charge on any atom is 0.229 e. The van der Waals surface area contributed by atoms with E-state index in [-0.39, 0.29) is 11.8 Å². The molecule has 1 aromatic carbocycles. The van der Waals surface area contributed by atoms with Crippen LogP contribution in [-0.2, 0) is 17.6 Å². The predicted octanol–water partition coefficient (Wildman–Crippen LogP) is 3.21. The van der Waals surface area contributed by atoms with E-state index in [0.717, 1.165) is 37.5 Å². The summed E-state index contributed by atoms with van der Waals surface area (Å²) < 4.78 is 0. The number of amides is 1. The second-order valence-electron chi connectivity index (χ2n) is 6.94. The van der Waals surface area contributed by atoms with Crippen molar-refractivity contribution in [1.29, 1.82) is 0 Å². The monoisotopic (exact) mass is 341 g/mol. The molecule has 1 aliphatic carbocycles. The lowest BCUT2D eigenvalue weighted by molar-refractivity contribution is -0.121. The quantitative estimate of drug-likeness (QED) is 0.898. The van der Waals surface area contributed by atoms with Gasteiger partial charge in [-0.05, 0) is 49.8 Å². The fourth-order valence-corrected chi connectivity index (χ4v) is 4.63. The number of aromatic nitrogens is 1. The van der Waals surface area contributed by atoms with Gasteiger partial charge in [-0.25, -0.2) is 4.98 Å². The van der Waals surface area contributed by atoms with Gasteiger partial charge in [0.2, 0.25) is 5.91 Å². The first kappa shape index (κ1) is 15.8. The van der Waals surface area contributed by atoms with Crippen LogP contribution in [-0.4, -0.2) is 24.0 Å². The highest BCUT2D eigenvalue weighted by molar-refractivity contribution is 7.15. The molecule has 1 aliphatic heterocycles. The van der Waals surface area contributed by atoms with E-state index in [2.05, 4.69) is 45.9 Å². The second kappa shape index (κ2) is 6.65. The molecule has 126 valence electrons.